The molecule has 0 aliphatic carbocycles. The predicted molar refractivity (Wildman–Crippen MR) is 58.3 cm³/mol. The summed E-state index contributed by atoms with van der Waals surface area (Å²) in [4.78, 5) is 14.5. The van der Waals surface area contributed by atoms with Crippen LogP contribution in [-0.2, 0) is 6.61 Å². The van der Waals surface area contributed by atoms with Crippen LogP contribution in [0.15, 0.2) is 35.8 Å². The molecule has 3 nitrogen and oxygen atoms in total. The minimum absolute atomic E-state index is 0.470. The summed E-state index contributed by atoms with van der Waals surface area (Å²) < 4.78 is 5.48. The minimum atomic E-state index is 0.470. The third kappa shape index (κ3) is 2.63. The van der Waals surface area contributed by atoms with Crippen LogP contribution in [0.4, 0.5) is 0 Å². The normalized spacial score (nSPS) is 9.87. The molecule has 2 aromatic rings. The Hall–Kier alpha value is -1.68. The van der Waals surface area contributed by atoms with E-state index in [0.717, 1.165) is 17.0 Å². The molecule has 0 unspecified atom stereocenters. The molecule has 0 spiro atoms. The molecule has 0 atom stereocenters. The Kier molecular flexibility index (Phi) is 3.09. The van der Waals surface area contributed by atoms with Crippen molar-refractivity contribution in [1.82, 2.24) is 4.98 Å². The second-order valence-corrected chi connectivity index (χ2v) is 3.88. The summed E-state index contributed by atoms with van der Waals surface area (Å²) in [5.74, 6) is 0.746. The van der Waals surface area contributed by atoms with Crippen molar-refractivity contribution < 1.29 is 9.53 Å². The van der Waals surface area contributed by atoms with Crippen LogP contribution in [0.25, 0.3) is 0 Å². The van der Waals surface area contributed by atoms with Crippen LogP contribution in [-0.4, -0.2) is 11.3 Å². The molecule has 0 saturated heterocycles. The fraction of sp³-hybridized carbons (Fsp3) is 0.0909. The lowest BCUT2D eigenvalue weighted by Crippen LogP contribution is -1.94. The highest BCUT2D eigenvalue weighted by Gasteiger charge is 1.97. The van der Waals surface area contributed by atoms with Gasteiger partial charge in [0.05, 0.1) is 0 Å². The average Bonchev–Trinajstić information content (AvgIpc) is 2.80. The average molecular weight is 219 g/mol. The molecule has 1 aromatic heterocycles. The van der Waals surface area contributed by atoms with Crippen LogP contribution in [0.5, 0.6) is 5.75 Å². The zero-order valence-electron chi connectivity index (χ0n) is 7.92. The molecule has 0 radical (unpaired) electrons. The van der Waals surface area contributed by atoms with E-state index in [4.69, 9.17) is 4.74 Å². The first kappa shape index (κ1) is 9.86. The molecule has 0 fully saturated rings. The second kappa shape index (κ2) is 4.70. The molecular weight excluding hydrogens is 210 g/mol. The number of thiazole rings is 1. The molecule has 0 bridgehead atoms. The van der Waals surface area contributed by atoms with Crippen molar-refractivity contribution in [2.75, 3.05) is 0 Å². The van der Waals surface area contributed by atoms with E-state index in [0.29, 0.717) is 12.2 Å². The Morgan fingerprint density at radius 3 is 2.73 bits per heavy atom. The first-order valence-corrected chi connectivity index (χ1v) is 5.33. The number of carbonyl (C=O) groups excluding carboxylic acids is 1. The van der Waals surface area contributed by atoms with Crippen LogP contribution >= 0.6 is 11.3 Å². The van der Waals surface area contributed by atoms with Gasteiger partial charge >= 0.3 is 0 Å². The van der Waals surface area contributed by atoms with E-state index in [-0.39, 0.29) is 0 Å². The first-order valence-electron chi connectivity index (χ1n) is 4.45. The third-order valence-electron chi connectivity index (χ3n) is 1.86. The van der Waals surface area contributed by atoms with Gasteiger partial charge in [-0.15, -0.1) is 11.3 Å². The van der Waals surface area contributed by atoms with E-state index in [1.165, 1.54) is 0 Å². The van der Waals surface area contributed by atoms with Crippen molar-refractivity contribution in [2.45, 2.75) is 6.61 Å². The molecule has 15 heavy (non-hydrogen) atoms. The first-order chi connectivity index (χ1) is 7.38. The van der Waals surface area contributed by atoms with Crippen LogP contribution in [0.2, 0.25) is 0 Å². The van der Waals surface area contributed by atoms with Gasteiger partial charge in [0.1, 0.15) is 23.7 Å². The number of hydrogen-bond acceptors (Lipinski definition) is 4. The molecule has 0 N–H and O–H groups in total. The largest absolute Gasteiger partial charge is 0.486 e. The van der Waals surface area contributed by atoms with Crippen molar-refractivity contribution >= 4 is 17.6 Å². The SMILES string of the molecule is O=Cc1ccc(OCc2nccs2)cc1. The summed E-state index contributed by atoms with van der Waals surface area (Å²) >= 11 is 1.56. The van der Waals surface area contributed by atoms with Gasteiger partial charge in [-0.3, -0.25) is 4.79 Å². The maximum Gasteiger partial charge on any atom is 0.150 e. The smallest absolute Gasteiger partial charge is 0.150 e. The van der Waals surface area contributed by atoms with E-state index in [9.17, 15) is 4.79 Å². The Morgan fingerprint density at radius 1 is 1.33 bits per heavy atom. The van der Waals surface area contributed by atoms with Crippen molar-refractivity contribution in [1.29, 1.82) is 0 Å². The number of carbonyl (C=O) groups is 1. The highest BCUT2D eigenvalue weighted by atomic mass is 32.1. The number of rotatable bonds is 4. The molecule has 0 amide bonds. The van der Waals surface area contributed by atoms with Gasteiger partial charge in [-0.2, -0.15) is 0 Å². The zero-order valence-corrected chi connectivity index (χ0v) is 8.74. The lowest BCUT2D eigenvalue weighted by molar-refractivity contribution is 0.112. The molecule has 1 aromatic carbocycles. The second-order valence-electron chi connectivity index (χ2n) is 2.90. The monoisotopic (exact) mass is 219 g/mol. The summed E-state index contributed by atoms with van der Waals surface area (Å²) in [5, 5.41) is 2.85. The lowest BCUT2D eigenvalue weighted by Gasteiger charge is -2.03. The van der Waals surface area contributed by atoms with Gasteiger partial charge in [-0.25, -0.2) is 4.98 Å². The van der Waals surface area contributed by atoms with Gasteiger partial charge in [0, 0.05) is 17.1 Å². The Bertz CT molecular complexity index is 422. The maximum atomic E-state index is 10.4. The van der Waals surface area contributed by atoms with E-state index in [2.05, 4.69) is 4.98 Å². The molecule has 0 aliphatic heterocycles. The Morgan fingerprint density at radius 2 is 2.13 bits per heavy atom. The van der Waals surface area contributed by atoms with Crippen molar-refractivity contribution in [2.24, 2.45) is 0 Å². The van der Waals surface area contributed by atoms with Gasteiger partial charge in [0.15, 0.2) is 0 Å². The number of ether oxygens (including phenoxy) is 1. The highest BCUT2D eigenvalue weighted by molar-refractivity contribution is 7.09. The van der Waals surface area contributed by atoms with Crippen molar-refractivity contribution in [3.8, 4) is 5.75 Å². The number of aromatic nitrogens is 1. The fourth-order valence-electron chi connectivity index (χ4n) is 1.11. The molecule has 4 heteroatoms. The molecule has 76 valence electrons. The van der Waals surface area contributed by atoms with E-state index >= 15 is 0 Å². The summed E-state index contributed by atoms with van der Waals surface area (Å²) in [6, 6.07) is 7.00. The summed E-state index contributed by atoms with van der Waals surface area (Å²) in [5.41, 5.74) is 0.650. The number of benzene rings is 1. The van der Waals surface area contributed by atoms with Gasteiger partial charge in [0.2, 0.25) is 0 Å². The van der Waals surface area contributed by atoms with Crippen LogP contribution in [0.1, 0.15) is 15.4 Å². The topological polar surface area (TPSA) is 39.2 Å². The summed E-state index contributed by atoms with van der Waals surface area (Å²) in [6.07, 6.45) is 2.56. The maximum absolute atomic E-state index is 10.4. The number of nitrogens with zero attached hydrogens (tertiary/aromatic N) is 1. The molecule has 1 heterocycles. The molecule has 0 saturated carbocycles. The molecular formula is C11H9NO2S. The standard InChI is InChI=1S/C11H9NO2S/c13-7-9-1-3-10(4-2-9)14-8-11-12-5-6-15-11/h1-7H,8H2. The van der Waals surface area contributed by atoms with Crippen LogP contribution < -0.4 is 4.74 Å². The Balaban J connectivity index is 1.96. The van der Waals surface area contributed by atoms with Crippen LogP contribution in [0, 0.1) is 0 Å². The highest BCUT2D eigenvalue weighted by Crippen LogP contribution is 2.14. The Labute approximate surface area is 91.4 Å². The van der Waals surface area contributed by atoms with E-state index in [1.807, 2.05) is 5.38 Å². The van der Waals surface area contributed by atoms with Crippen LogP contribution in [0.3, 0.4) is 0 Å². The van der Waals surface area contributed by atoms with Crippen molar-refractivity contribution in [3.63, 3.8) is 0 Å². The minimum Gasteiger partial charge on any atom is -0.486 e. The summed E-state index contributed by atoms with van der Waals surface area (Å²) in [6.45, 7) is 0.470. The molecule has 0 aliphatic rings. The number of hydrogen-bond donors (Lipinski definition) is 0. The van der Waals surface area contributed by atoms with E-state index < -0.39 is 0 Å². The van der Waals surface area contributed by atoms with Crippen molar-refractivity contribution in [3.05, 3.63) is 46.4 Å². The van der Waals surface area contributed by atoms with Gasteiger partial charge in [-0.1, -0.05) is 0 Å². The van der Waals surface area contributed by atoms with Gasteiger partial charge in [-0.05, 0) is 24.3 Å². The van der Waals surface area contributed by atoms with E-state index in [1.54, 1.807) is 41.8 Å². The molecule has 2 rings (SSSR count). The zero-order chi connectivity index (χ0) is 10.5. The number of aldehydes is 1. The fourth-order valence-corrected chi connectivity index (χ4v) is 1.64. The van der Waals surface area contributed by atoms with Gasteiger partial charge in [0.25, 0.3) is 0 Å². The summed E-state index contributed by atoms with van der Waals surface area (Å²) in [7, 11) is 0. The predicted octanol–water partition coefficient (Wildman–Crippen LogP) is 2.53. The van der Waals surface area contributed by atoms with Gasteiger partial charge < -0.3 is 4.74 Å². The third-order valence-corrected chi connectivity index (χ3v) is 2.62. The quantitative estimate of drug-likeness (QED) is 0.742. The lowest BCUT2D eigenvalue weighted by atomic mass is 10.2.